The first-order valence-electron chi connectivity index (χ1n) is 27.9. The largest absolute Gasteiger partial charge is 0.481 e. The molecule has 4 saturated heterocycles. The highest BCUT2D eigenvalue weighted by molar-refractivity contribution is 5.79. The Morgan fingerprint density at radius 3 is 1.80 bits per heavy atom. The average molecular weight is 1140 g/mol. The number of aliphatic hydroxyl groups excluding tert-OH is 14. The Hall–Kier alpha value is -2.16. The van der Waals surface area contributed by atoms with Crippen molar-refractivity contribution in [2.45, 2.75) is 241 Å². The highest BCUT2D eigenvalue weighted by atomic mass is 16.8. The van der Waals surface area contributed by atoms with Gasteiger partial charge in [-0.25, -0.2) is 0 Å². The Morgan fingerprint density at radius 1 is 0.595 bits per heavy atom. The Labute approximate surface area is 457 Å². The number of rotatable bonds is 12. The van der Waals surface area contributed by atoms with E-state index in [1.54, 1.807) is 6.92 Å². The highest BCUT2D eigenvalue weighted by Gasteiger charge is 2.72. The zero-order valence-electron chi connectivity index (χ0n) is 45.8. The second kappa shape index (κ2) is 22.0. The molecule has 4 heterocycles. The topological polar surface area (TPSA) is 411 Å². The van der Waals surface area contributed by atoms with Crippen molar-refractivity contribution in [1.29, 1.82) is 0 Å². The Morgan fingerprint density at radius 2 is 1.15 bits per heavy atom. The van der Waals surface area contributed by atoms with Crippen LogP contribution in [0.25, 0.3) is 0 Å². The molecule has 79 heavy (non-hydrogen) atoms. The summed E-state index contributed by atoms with van der Waals surface area (Å²) >= 11 is 0. The Kier molecular flexibility index (Phi) is 17.1. The van der Waals surface area contributed by atoms with Crippen LogP contribution in [0.15, 0.2) is 11.6 Å². The molecule has 15 N–H and O–H groups in total. The molecule has 9 rings (SSSR count). The van der Waals surface area contributed by atoms with Gasteiger partial charge in [0.2, 0.25) is 6.29 Å². The Bertz CT molecular complexity index is 2240. The minimum atomic E-state index is -2.07. The number of carbonyl (C=O) groups is 2. The third-order valence-corrected chi connectivity index (χ3v) is 21.5. The smallest absolute Gasteiger partial charge is 0.315 e. The number of ether oxygens (including phenoxy) is 8. The molecule has 0 amide bonds. The van der Waals surface area contributed by atoms with E-state index in [2.05, 4.69) is 40.7 Å². The molecule has 8 fully saturated rings. The number of hydrogen-bond acceptors (Lipinski definition) is 24. The van der Waals surface area contributed by atoms with E-state index in [1.165, 1.54) is 6.92 Å². The van der Waals surface area contributed by atoms with E-state index in [1.807, 2.05) is 0 Å². The molecule has 5 aliphatic carbocycles. The molecule has 0 bridgehead atoms. The molecule has 0 aromatic heterocycles. The predicted molar refractivity (Wildman–Crippen MR) is 265 cm³/mol. The lowest BCUT2D eigenvalue weighted by atomic mass is 9.33. The van der Waals surface area contributed by atoms with Gasteiger partial charge in [-0.05, 0) is 111 Å². The van der Waals surface area contributed by atoms with Crippen LogP contribution in [0.5, 0.6) is 0 Å². The SMILES string of the molecule is C[C@H]1O[C@@H](O[C@H]2[C@H](O)[C@@H](O)[C@H](OC[C@H]3O[C@@H](OC(=O)[C@]45CCC(C)(C)C[C@H]4C4=CCC6[C@@]7(C)C[C@H](O)[C@H](O)[C@@](C)(C(=O)O)C7CC[C@@]6(C)[C@]4(C)CC5)[C@H](O[C@@H]4O[C@H](CO)[C@@H](O)[C@H](O)[C@H]4O)[C@@H](O)[C@@H]3O)O[C@@H]2CO)[C@H](O)[C@@H](O)[C@@H]1O. The van der Waals surface area contributed by atoms with E-state index in [9.17, 15) is 81.4 Å². The van der Waals surface area contributed by atoms with Gasteiger partial charge in [0, 0.05) is 0 Å². The molecular weight excluding hydrogens is 1050 g/mol. The van der Waals surface area contributed by atoms with Gasteiger partial charge >= 0.3 is 11.9 Å². The van der Waals surface area contributed by atoms with Crippen LogP contribution in [0.3, 0.4) is 0 Å². The molecule has 25 nitrogen and oxygen atoms in total. The normalized spacial score (nSPS) is 54.5. The lowest BCUT2D eigenvalue weighted by Gasteiger charge is -2.71. The summed E-state index contributed by atoms with van der Waals surface area (Å²) in [5.74, 6) is -2.88. The van der Waals surface area contributed by atoms with Gasteiger partial charge in [0.15, 0.2) is 25.0 Å². The van der Waals surface area contributed by atoms with Crippen molar-refractivity contribution < 1.29 is 124 Å². The average Bonchev–Trinajstić information content (AvgIpc) is 2.33. The van der Waals surface area contributed by atoms with Crippen LogP contribution in [-0.4, -0.2) is 243 Å². The molecule has 4 aliphatic heterocycles. The van der Waals surface area contributed by atoms with Gasteiger partial charge in [-0.2, -0.15) is 0 Å². The van der Waals surface area contributed by atoms with Crippen LogP contribution in [0, 0.1) is 50.2 Å². The van der Waals surface area contributed by atoms with Crippen molar-refractivity contribution in [3.8, 4) is 0 Å². The van der Waals surface area contributed by atoms with Crippen molar-refractivity contribution in [3.63, 3.8) is 0 Å². The van der Waals surface area contributed by atoms with Crippen LogP contribution >= 0.6 is 0 Å². The number of carboxylic acid groups (broad SMARTS) is 1. The molecule has 0 spiro atoms. The number of allylic oxidation sites excluding steroid dienone is 2. The first-order valence-corrected chi connectivity index (χ1v) is 27.9. The lowest BCUT2D eigenvalue weighted by molar-refractivity contribution is -0.373. The van der Waals surface area contributed by atoms with Gasteiger partial charge in [0.1, 0.15) is 85.5 Å². The van der Waals surface area contributed by atoms with E-state index >= 15 is 4.79 Å². The first-order chi connectivity index (χ1) is 36.9. The summed E-state index contributed by atoms with van der Waals surface area (Å²) in [5, 5.41) is 163. The minimum Gasteiger partial charge on any atom is -0.481 e. The van der Waals surface area contributed by atoms with E-state index in [-0.39, 0.29) is 17.8 Å². The maximum Gasteiger partial charge on any atom is 0.315 e. The summed E-state index contributed by atoms with van der Waals surface area (Å²) in [4.78, 5) is 28.6. The summed E-state index contributed by atoms with van der Waals surface area (Å²) < 4.78 is 47.1. The highest BCUT2D eigenvalue weighted by Crippen LogP contribution is 2.76. The third kappa shape index (κ3) is 9.85. The second-order valence-electron chi connectivity index (χ2n) is 26.2. The van der Waals surface area contributed by atoms with E-state index in [0.29, 0.717) is 51.4 Å². The van der Waals surface area contributed by atoms with Crippen LogP contribution in [0.4, 0.5) is 0 Å². The van der Waals surface area contributed by atoms with Crippen LogP contribution in [0.1, 0.15) is 106 Å². The number of hydrogen-bond donors (Lipinski definition) is 15. The second-order valence-corrected chi connectivity index (χ2v) is 26.2. The van der Waals surface area contributed by atoms with Crippen molar-refractivity contribution in [2.75, 3.05) is 19.8 Å². The van der Waals surface area contributed by atoms with E-state index in [4.69, 9.17) is 37.9 Å². The molecule has 25 heteroatoms. The molecule has 4 saturated carbocycles. The van der Waals surface area contributed by atoms with Gasteiger partial charge in [-0.3, -0.25) is 9.59 Å². The van der Waals surface area contributed by atoms with E-state index in [0.717, 1.165) is 5.57 Å². The summed E-state index contributed by atoms with van der Waals surface area (Å²) in [6.45, 7) is 11.2. The summed E-state index contributed by atoms with van der Waals surface area (Å²) in [6, 6.07) is 0. The minimum absolute atomic E-state index is 0.111. The molecule has 0 radical (unpaired) electrons. The number of aliphatic carboxylic acids is 1. The predicted octanol–water partition coefficient (Wildman–Crippen LogP) is -2.97. The number of carboxylic acids is 1. The fourth-order valence-electron chi connectivity index (χ4n) is 16.4. The van der Waals surface area contributed by atoms with Crippen LogP contribution in [0.2, 0.25) is 0 Å². The van der Waals surface area contributed by atoms with Crippen molar-refractivity contribution >= 4 is 11.9 Å². The van der Waals surface area contributed by atoms with Crippen LogP contribution < -0.4 is 0 Å². The number of carbonyl (C=O) groups excluding carboxylic acids is 1. The lowest BCUT2D eigenvalue weighted by Crippen LogP contribution is -2.69. The van der Waals surface area contributed by atoms with Gasteiger partial charge in [-0.1, -0.05) is 46.3 Å². The van der Waals surface area contributed by atoms with Crippen molar-refractivity contribution in [3.05, 3.63) is 11.6 Å². The van der Waals surface area contributed by atoms with Crippen molar-refractivity contribution in [2.24, 2.45) is 50.2 Å². The summed E-state index contributed by atoms with van der Waals surface area (Å²) in [7, 11) is 0. The van der Waals surface area contributed by atoms with Gasteiger partial charge in [0.25, 0.3) is 0 Å². The van der Waals surface area contributed by atoms with Crippen molar-refractivity contribution in [1.82, 2.24) is 0 Å². The molecule has 452 valence electrons. The molecule has 0 aromatic carbocycles. The fourth-order valence-corrected chi connectivity index (χ4v) is 16.4. The maximum absolute atomic E-state index is 15.6. The first kappa shape index (κ1) is 61.4. The summed E-state index contributed by atoms with van der Waals surface area (Å²) in [5.41, 5.74) is -3.71. The zero-order chi connectivity index (χ0) is 58.0. The molecule has 9 aliphatic rings. The number of aliphatic hydroxyl groups is 14. The van der Waals surface area contributed by atoms with Gasteiger partial charge in [-0.15, -0.1) is 0 Å². The summed E-state index contributed by atoms with van der Waals surface area (Å²) in [6.07, 6.45) is -31.5. The quantitative estimate of drug-likeness (QED) is 0.0685. The standard InChI is InChI=1S/C54H86O25/c1-21-30(58)33(61)37(65)44(73-21)77-40-26(19-56)75-43(39(67)36(40)64)72-20-27-32(60)35(63)41(78-45-38(66)34(62)31(59)25(18-55)74-45)46(76-27)79-48(71)54-14-12-49(2,3)16-23(54)22-8-9-28-50(4)17-24(57)42(68)53(7,47(69)70)29(50)10-11-52(28,6)51(22,5)13-15-54/h8,21,23-46,55-68H,9-20H2,1-7H3,(H,69,70)/t21-,23+,24+,25-,26-,27-,28?,29?,30-,31-,32-,33+,34+,35+,36-,37-,38-,39-,40-,41-,42+,43-,44+,45+,46+,50-,51-,52-,53+,54+/m1/s1. The van der Waals surface area contributed by atoms with E-state index < -0.39 is 206 Å². The molecule has 2 unspecified atom stereocenters. The van der Waals surface area contributed by atoms with Crippen LogP contribution in [-0.2, 0) is 47.5 Å². The van der Waals surface area contributed by atoms with Gasteiger partial charge in [0.05, 0.1) is 49.0 Å². The zero-order valence-corrected chi connectivity index (χ0v) is 45.8. The number of fused-ring (bicyclic) bond motifs is 7. The molecule has 30 atom stereocenters. The van der Waals surface area contributed by atoms with Gasteiger partial charge < -0.3 is 114 Å². The Balaban J connectivity index is 0.990. The monoisotopic (exact) mass is 1130 g/mol. The maximum atomic E-state index is 15.6. The number of esters is 1. The fraction of sp³-hybridized carbons (Fsp3) is 0.926. The third-order valence-electron chi connectivity index (χ3n) is 21.5. The molecule has 0 aromatic rings. The molecular formula is C54H86O25.